The molecular weight excluding hydrogens is 1960 g/mol. The van der Waals surface area contributed by atoms with Crippen molar-refractivity contribution in [1.29, 1.82) is 0 Å². The molecule has 32 aromatic rings. The van der Waals surface area contributed by atoms with Gasteiger partial charge in [0, 0.05) is 128 Å². The second-order valence-electron chi connectivity index (χ2n) is 36.6. The van der Waals surface area contributed by atoms with E-state index in [1.807, 2.05) is 127 Å². The van der Waals surface area contributed by atoms with Crippen molar-refractivity contribution in [3.63, 3.8) is 0 Å². The van der Waals surface area contributed by atoms with Crippen molar-refractivity contribution < 1.29 is 0 Å². The van der Waals surface area contributed by atoms with Gasteiger partial charge in [-0.1, -0.05) is 388 Å². The Morgan fingerprint density at radius 1 is 0.155 bits per heavy atom. The van der Waals surface area contributed by atoms with Gasteiger partial charge in [0.1, 0.15) is 31.0 Å². The topological polar surface area (TPSA) is 97.1 Å². The Balaban J connectivity index is 0.0000000930. The fourth-order valence-corrected chi connectivity index (χ4v) is 32.2. The summed E-state index contributed by atoms with van der Waals surface area (Å²) in [4.78, 5) is 35.8. The highest BCUT2D eigenvalue weighted by Gasteiger charge is 2.29. The molecule has 0 radical (unpaired) electrons. The Labute approximate surface area is 879 Å². The van der Waals surface area contributed by atoms with Crippen LogP contribution in [0.2, 0.25) is 0 Å². The van der Waals surface area contributed by atoms with E-state index < -0.39 is 0 Å². The minimum atomic E-state index is 0.699. The molecule has 0 aliphatic carbocycles. The first-order valence-electron chi connectivity index (χ1n) is 49.0. The number of aromatic nitrogens is 10. The number of pyridine rings is 2. The average Bonchev–Trinajstić information content (AvgIpc) is 1.56. The largest absolute Gasteiger partial charge is 0.301 e. The fraction of sp³-hybridized carbons (Fsp3) is 0. The lowest BCUT2D eigenvalue weighted by atomic mass is 10.0. The molecule has 0 bridgehead atoms. The van der Waals surface area contributed by atoms with Crippen molar-refractivity contribution in [1.82, 2.24) is 48.2 Å². The third-order valence-corrected chi connectivity index (χ3v) is 37.9. The van der Waals surface area contributed by atoms with E-state index in [9.17, 15) is 0 Å². The lowest BCUT2D eigenvalue weighted by Gasteiger charge is -2.12. The molecule has 0 atom stereocenters. The van der Waals surface area contributed by atoms with Crippen molar-refractivity contribution in [2.24, 2.45) is 0 Å². The van der Waals surface area contributed by atoms with Crippen LogP contribution in [-0.4, -0.2) is 48.2 Å². The van der Waals surface area contributed by atoms with Crippen LogP contribution in [0.5, 0.6) is 0 Å². The Hall–Kier alpha value is -17.1. The van der Waals surface area contributed by atoms with Crippen LogP contribution in [0.25, 0.3) is 276 Å². The van der Waals surface area contributed by atoms with Crippen LogP contribution < -0.4 is 0 Å². The van der Waals surface area contributed by atoms with Gasteiger partial charge in [-0.15, -0.1) is 90.7 Å². The number of hydrogen-bond acceptors (Lipinski definition) is 14. The molecule has 0 aliphatic heterocycles. The van der Waals surface area contributed by atoms with E-state index in [4.69, 9.17) is 29.9 Å². The highest BCUT2D eigenvalue weighted by molar-refractivity contribution is 7.39. The van der Waals surface area contributed by atoms with Crippen LogP contribution in [0, 0.1) is 0 Å². The summed E-state index contributed by atoms with van der Waals surface area (Å²) >= 11 is 15.1. The third kappa shape index (κ3) is 15.0. The molecule has 0 saturated carbocycles. The summed E-state index contributed by atoms with van der Waals surface area (Å²) in [7, 11) is 0. The number of benzene rings is 16. The highest BCUT2D eigenvalue weighted by atomic mass is 32.1. The van der Waals surface area contributed by atoms with E-state index >= 15 is 0 Å². The minimum Gasteiger partial charge on any atom is -0.301 e. The normalized spacial score (nSPS) is 11.8. The monoisotopic (exact) mass is 2030 g/mol. The Bertz CT molecular complexity index is 9320. The van der Waals surface area contributed by atoms with Crippen molar-refractivity contribution in [2.45, 2.75) is 0 Å². The Morgan fingerprint density at radius 2 is 0.412 bits per heavy atom. The van der Waals surface area contributed by atoms with Crippen LogP contribution in [0.3, 0.4) is 0 Å². The number of hydrogen-bond donors (Lipinski definition) is 0. The summed E-state index contributed by atoms with van der Waals surface area (Å²) < 4.78 is 25.7. The molecule has 696 valence electrons. The molecule has 148 heavy (non-hydrogen) atoms. The van der Waals surface area contributed by atoms with Gasteiger partial charge < -0.3 is 4.57 Å². The molecule has 32 rings (SSSR count). The number of para-hydroxylation sites is 4. The summed E-state index contributed by atoms with van der Waals surface area (Å²) in [6.07, 6.45) is 0. The van der Waals surface area contributed by atoms with E-state index in [0.717, 1.165) is 102 Å². The van der Waals surface area contributed by atoms with Crippen molar-refractivity contribution in [2.75, 3.05) is 0 Å². The summed E-state index contributed by atoms with van der Waals surface area (Å²) in [5.74, 6) is 3.26. The van der Waals surface area contributed by atoms with E-state index in [1.54, 1.807) is 0 Å². The number of fused-ring (bicyclic) bond motifs is 28. The Kier molecular flexibility index (Phi) is 21.6. The number of thiophene rings is 8. The maximum absolute atomic E-state index is 5.26. The second kappa shape index (κ2) is 36.6. The fourth-order valence-electron chi connectivity index (χ4n) is 21.0. The zero-order valence-corrected chi connectivity index (χ0v) is 85.3. The molecular formula is C130H78N10S8. The highest BCUT2D eigenvalue weighted by Crippen LogP contribution is 2.55. The van der Waals surface area contributed by atoms with Crippen molar-refractivity contribution in [3.05, 3.63) is 473 Å². The van der Waals surface area contributed by atoms with Gasteiger partial charge in [-0.3, -0.25) is 13.7 Å². The predicted octanol–water partition coefficient (Wildman–Crippen LogP) is 38.6. The molecule has 16 heterocycles. The molecule has 0 amide bonds. The van der Waals surface area contributed by atoms with E-state index in [-0.39, 0.29) is 0 Å². The lowest BCUT2D eigenvalue weighted by Crippen LogP contribution is -2.03. The molecule has 0 spiro atoms. The van der Waals surface area contributed by atoms with Gasteiger partial charge in [-0.25, -0.2) is 29.9 Å². The SMILES string of the molecule is c1ccc(-c2cc(-c3ccccc3)nc(-n3c4ccccc4c4c5sc6ccccc6c5sc43)c2)cc1.c1ccc(-c2cc(-c3ccccc3)nc(-n3c4ccccc4c4c5sc6ccccc6c5sc43)n2)cc1.c1ccc(-c2cc(-n3c4ccccc4c4c5sc6ccccc6c5sc43)cc(-c3ccccc3)n2)cc1.c1ccc(-c2cc(-n3c4ccccc4c4c5sc6ccccc6c5sc43)nc(-c3ccccc3)n2)cc1. The van der Waals surface area contributed by atoms with Crippen LogP contribution in [-0.2, 0) is 0 Å². The van der Waals surface area contributed by atoms with Crippen molar-refractivity contribution in [3.8, 4) is 113 Å². The molecule has 0 fully saturated rings. The molecule has 16 aromatic heterocycles. The van der Waals surface area contributed by atoms with Gasteiger partial charge in [-0.05, 0) is 90.0 Å². The summed E-state index contributed by atoms with van der Waals surface area (Å²) in [5, 5.41) is 15.7. The van der Waals surface area contributed by atoms with Crippen LogP contribution >= 0.6 is 90.7 Å². The first kappa shape index (κ1) is 87.4. The molecule has 10 nitrogen and oxygen atoms in total. The second-order valence-corrected chi connectivity index (χ2v) is 44.8. The first-order valence-corrected chi connectivity index (χ1v) is 55.5. The van der Waals surface area contributed by atoms with Gasteiger partial charge in [0.25, 0.3) is 0 Å². The molecule has 18 heteroatoms. The molecule has 0 aliphatic rings. The molecule has 16 aromatic carbocycles. The first-order chi connectivity index (χ1) is 73.4. The van der Waals surface area contributed by atoms with Gasteiger partial charge in [-0.2, -0.15) is 0 Å². The van der Waals surface area contributed by atoms with Crippen LogP contribution in [0.15, 0.2) is 473 Å². The smallest absolute Gasteiger partial charge is 0.236 e. The van der Waals surface area contributed by atoms with E-state index in [0.29, 0.717) is 5.95 Å². The lowest BCUT2D eigenvalue weighted by molar-refractivity contribution is 1.00. The van der Waals surface area contributed by atoms with Crippen molar-refractivity contribution >= 4 is 253 Å². The number of rotatable bonds is 12. The molecule has 0 N–H and O–H groups in total. The summed E-state index contributed by atoms with van der Waals surface area (Å²) in [6.45, 7) is 0. The van der Waals surface area contributed by atoms with Crippen LogP contribution in [0.1, 0.15) is 0 Å². The zero-order chi connectivity index (χ0) is 97.4. The maximum atomic E-state index is 5.26. The standard InChI is InChI=1S/2C33H20N2S2.2C32H19N3S2/c1-3-11-21(12-4-1)26-19-23(20-27(34-26)22-13-5-2-6-14-22)35-28-17-9-7-15-24(28)30-32-31(37-33(30)35)25-16-8-10-18-29(25)36-32;1-3-11-21(12-4-1)23-19-26(22-13-5-2-6-14-22)34-29(20-23)35-27-17-9-7-15-24(27)30-32-31(37-33(30)35)25-16-8-10-18-28(25)36-32;1-3-11-20(12-4-1)24-19-25(21-13-5-2-6-14-21)34-32(33-24)35-26-17-9-7-15-22(26)28-30-29(37-31(28)35)23-16-8-10-18-27(23)36-30;1-3-11-20(12-4-1)24-19-27(34-31(33-24)21-13-5-2-6-14-21)35-25-17-9-7-15-22(25)28-30-29(37-32(28)35)23-16-8-10-18-26(23)36-30/h2*1-20H;2*1-19H. The van der Waals surface area contributed by atoms with Crippen LogP contribution in [0.4, 0.5) is 0 Å². The maximum Gasteiger partial charge on any atom is 0.236 e. The van der Waals surface area contributed by atoms with Gasteiger partial charge in [0.15, 0.2) is 5.82 Å². The summed E-state index contributed by atoms with van der Waals surface area (Å²) in [6, 6.07) is 166. The van der Waals surface area contributed by atoms with Gasteiger partial charge in [0.2, 0.25) is 5.95 Å². The van der Waals surface area contributed by atoms with E-state index in [1.165, 1.54) is 168 Å². The third-order valence-electron chi connectivity index (χ3n) is 27.7. The molecule has 0 saturated heterocycles. The molecule has 0 unspecified atom stereocenters. The Morgan fingerprint density at radius 3 is 0.764 bits per heavy atom. The minimum absolute atomic E-state index is 0.699. The quantitative estimate of drug-likeness (QED) is 0.121. The summed E-state index contributed by atoms with van der Waals surface area (Å²) in [5.41, 5.74) is 21.5. The van der Waals surface area contributed by atoms with E-state index in [2.05, 4.69) is 455 Å². The predicted molar refractivity (Wildman–Crippen MR) is 636 cm³/mol. The average molecular weight is 2040 g/mol. The number of nitrogens with zero attached hydrogens (tertiary/aromatic N) is 10. The zero-order valence-electron chi connectivity index (χ0n) is 78.8. The van der Waals surface area contributed by atoms with Gasteiger partial charge in [0.05, 0.1) is 99.5 Å². The van der Waals surface area contributed by atoms with Gasteiger partial charge >= 0.3 is 0 Å².